The first-order valence-electron chi connectivity index (χ1n) is 3.14. The minimum absolute atomic E-state index is 0.00269. The summed E-state index contributed by atoms with van der Waals surface area (Å²) in [4.78, 5) is 1.67. The molecule has 0 aromatic carbocycles. The average molecular weight is 143 g/mol. The molecule has 3 heteroatoms. The lowest BCUT2D eigenvalue weighted by Gasteiger charge is -2.12. The zero-order valence-electron chi connectivity index (χ0n) is 6.12. The first-order valence-corrected chi connectivity index (χ1v) is 3.14. The highest BCUT2D eigenvalue weighted by Gasteiger charge is 2.00. The monoisotopic (exact) mass is 143 g/mol. The van der Waals surface area contributed by atoms with Crippen molar-refractivity contribution in [1.29, 1.82) is 0 Å². The summed E-state index contributed by atoms with van der Waals surface area (Å²) in [5.74, 6) is 2.19. The summed E-state index contributed by atoms with van der Waals surface area (Å²) in [5, 5.41) is 17.4. The molecular weight excluding hydrogens is 130 g/mol. The Labute approximate surface area is 61.3 Å². The minimum atomic E-state index is -0.686. The summed E-state index contributed by atoms with van der Waals surface area (Å²) < 4.78 is 0. The zero-order chi connectivity index (χ0) is 7.98. The molecule has 0 saturated heterocycles. The SMILES string of the molecule is C#CC(O)CCN(C)CO. The van der Waals surface area contributed by atoms with Crippen LogP contribution in [-0.2, 0) is 0 Å². The van der Waals surface area contributed by atoms with Crippen molar-refractivity contribution in [1.82, 2.24) is 4.90 Å². The van der Waals surface area contributed by atoms with Crippen molar-refractivity contribution in [3.05, 3.63) is 0 Å². The van der Waals surface area contributed by atoms with Crippen LogP contribution in [0, 0.1) is 12.3 Å². The average Bonchev–Trinajstić information content (AvgIpc) is 1.99. The molecule has 0 rings (SSSR count). The van der Waals surface area contributed by atoms with E-state index in [1.54, 1.807) is 11.9 Å². The van der Waals surface area contributed by atoms with Gasteiger partial charge in [-0.05, 0) is 13.5 Å². The predicted molar refractivity (Wildman–Crippen MR) is 39.2 cm³/mol. The number of rotatable bonds is 4. The van der Waals surface area contributed by atoms with Gasteiger partial charge >= 0.3 is 0 Å². The van der Waals surface area contributed by atoms with Crippen molar-refractivity contribution in [3.63, 3.8) is 0 Å². The van der Waals surface area contributed by atoms with E-state index < -0.39 is 6.10 Å². The van der Waals surface area contributed by atoms with Crippen molar-refractivity contribution < 1.29 is 10.2 Å². The van der Waals surface area contributed by atoms with Crippen LogP contribution in [0.5, 0.6) is 0 Å². The van der Waals surface area contributed by atoms with E-state index in [9.17, 15) is 0 Å². The molecule has 58 valence electrons. The molecule has 0 aliphatic rings. The molecule has 0 amide bonds. The van der Waals surface area contributed by atoms with E-state index >= 15 is 0 Å². The Balaban J connectivity index is 3.28. The van der Waals surface area contributed by atoms with Gasteiger partial charge in [-0.25, -0.2) is 0 Å². The third kappa shape index (κ3) is 4.33. The second kappa shape index (κ2) is 5.24. The summed E-state index contributed by atoms with van der Waals surface area (Å²) in [7, 11) is 1.75. The van der Waals surface area contributed by atoms with Crippen LogP contribution in [0.4, 0.5) is 0 Å². The van der Waals surface area contributed by atoms with Crippen molar-refractivity contribution in [2.75, 3.05) is 20.3 Å². The predicted octanol–water partition coefficient (Wildman–Crippen LogP) is -0.748. The normalized spacial score (nSPS) is 13.1. The fourth-order valence-corrected chi connectivity index (χ4v) is 0.497. The molecule has 10 heavy (non-hydrogen) atoms. The number of terminal acetylenes is 1. The molecule has 0 radical (unpaired) electrons. The first-order chi connectivity index (χ1) is 4.70. The molecule has 0 aliphatic heterocycles. The fraction of sp³-hybridized carbons (Fsp3) is 0.714. The number of hydrogen-bond acceptors (Lipinski definition) is 3. The Hall–Kier alpha value is -0.560. The van der Waals surface area contributed by atoms with E-state index in [-0.39, 0.29) is 6.73 Å². The maximum atomic E-state index is 8.86. The van der Waals surface area contributed by atoms with Crippen LogP contribution in [-0.4, -0.2) is 41.5 Å². The molecule has 0 saturated carbocycles. The van der Waals surface area contributed by atoms with Crippen LogP contribution in [0.15, 0.2) is 0 Å². The van der Waals surface area contributed by atoms with Gasteiger partial charge in [0.25, 0.3) is 0 Å². The smallest absolute Gasteiger partial charge is 0.115 e. The van der Waals surface area contributed by atoms with Crippen LogP contribution in [0.2, 0.25) is 0 Å². The lowest BCUT2D eigenvalue weighted by atomic mass is 10.2. The van der Waals surface area contributed by atoms with Crippen LogP contribution < -0.4 is 0 Å². The second-order valence-corrected chi connectivity index (χ2v) is 2.19. The van der Waals surface area contributed by atoms with E-state index in [0.717, 1.165) is 0 Å². The zero-order valence-corrected chi connectivity index (χ0v) is 6.12. The molecule has 0 aromatic rings. The number of aliphatic hydroxyl groups is 2. The summed E-state index contributed by atoms with van der Waals surface area (Å²) in [6.07, 6.45) is 4.74. The molecule has 2 N–H and O–H groups in total. The van der Waals surface area contributed by atoms with Gasteiger partial charge in [0.05, 0.1) is 6.73 Å². The van der Waals surface area contributed by atoms with Gasteiger partial charge in [-0.2, -0.15) is 0 Å². The number of aliphatic hydroxyl groups excluding tert-OH is 2. The highest BCUT2D eigenvalue weighted by Crippen LogP contribution is 1.90. The van der Waals surface area contributed by atoms with E-state index in [1.165, 1.54) is 0 Å². The van der Waals surface area contributed by atoms with E-state index in [2.05, 4.69) is 5.92 Å². The van der Waals surface area contributed by atoms with E-state index in [0.29, 0.717) is 13.0 Å². The summed E-state index contributed by atoms with van der Waals surface area (Å²) >= 11 is 0. The lowest BCUT2D eigenvalue weighted by Crippen LogP contribution is -2.23. The molecule has 0 bridgehead atoms. The molecule has 0 spiro atoms. The molecule has 1 atom stereocenters. The first kappa shape index (κ1) is 9.44. The van der Waals surface area contributed by atoms with Gasteiger partial charge in [-0.1, -0.05) is 5.92 Å². The molecule has 1 unspecified atom stereocenters. The van der Waals surface area contributed by atoms with Gasteiger partial charge in [0.15, 0.2) is 0 Å². The third-order valence-corrected chi connectivity index (χ3v) is 1.22. The maximum absolute atomic E-state index is 8.86. The van der Waals surface area contributed by atoms with Crippen LogP contribution in [0.1, 0.15) is 6.42 Å². The van der Waals surface area contributed by atoms with Gasteiger partial charge in [0, 0.05) is 6.54 Å². The van der Waals surface area contributed by atoms with E-state index in [4.69, 9.17) is 16.6 Å². The fourth-order valence-electron chi connectivity index (χ4n) is 0.497. The van der Waals surface area contributed by atoms with Crippen LogP contribution in [0.25, 0.3) is 0 Å². The standard InChI is InChI=1S/C7H13NO2/c1-3-7(10)4-5-8(2)6-9/h1,7,9-10H,4-6H2,2H3. The molecular formula is C7H13NO2. The highest BCUT2D eigenvalue weighted by atomic mass is 16.3. The van der Waals surface area contributed by atoms with Gasteiger partial charge < -0.3 is 10.2 Å². The Morgan fingerprint density at radius 1 is 1.70 bits per heavy atom. The van der Waals surface area contributed by atoms with Gasteiger partial charge in [0.1, 0.15) is 6.10 Å². The molecule has 0 fully saturated rings. The molecule has 0 aromatic heterocycles. The van der Waals surface area contributed by atoms with Gasteiger partial charge in [-0.15, -0.1) is 6.42 Å². The molecule has 3 nitrogen and oxygen atoms in total. The number of nitrogens with zero attached hydrogens (tertiary/aromatic N) is 1. The summed E-state index contributed by atoms with van der Waals surface area (Å²) in [6.45, 7) is 0.610. The van der Waals surface area contributed by atoms with Crippen molar-refractivity contribution in [2.45, 2.75) is 12.5 Å². The Kier molecular flexibility index (Phi) is 4.95. The minimum Gasteiger partial charge on any atom is -0.381 e. The highest BCUT2D eigenvalue weighted by molar-refractivity contribution is 4.93. The van der Waals surface area contributed by atoms with Crippen molar-refractivity contribution in [3.8, 4) is 12.3 Å². The molecule has 0 heterocycles. The van der Waals surface area contributed by atoms with E-state index in [1.807, 2.05) is 0 Å². The summed E-state index contributed by atoms with van der Waals surface area (Å²) in [5.41, 5.74) is 0. The quantitative estimate of drug-likeness (QED) is 0.402. The van der Waals surface area contributed by atoms with Crippen LogP contribution >= 0.6 is 0 Å². The Morgan fingerprint density at radius 3 is 2.70 bits per heavy atom. The lowest BCUT2D eigenvalue weighted by molar-refractivity contribution is 0.115. The topological polar surface area (TPSA) is 43.7 Å². The molecule has 0 aliphatic carbocycles. The Morgan fingerprint density at radius 2 is 2.30 bits per heavy atom. The second-order valence-electron chi connectivity index (χ2n) is 2.19. The summed E-state index contributed by atoms with van der Waals surface area (Å²) in [6, 6.07) is 0. The van der Waals surface area contributed by atoms with Crippen LogP contribution in [0.3, 0.4) is 0 Å². The maximum Gasteiger partial charge on any atom is 0.115 e. The largest absolute Gasteiger partial charge is 0.381 e. The number of hydrogen-bond donors (Lipinski definition) is 2. The van der Waals surface area contributed by atoms with Gasteiger partial charge in [0.2, 0.25) is 0 Å². The van der Waals surface area contributed by atoms with Gasteiger partial charge in [-0.3, -0.25) is 4.90 Å². The van der Waals surface area contributed by atoms with Crippen molar-refractivity contribution in [2.24, 2.45) is 0 Å². The Bertz CT molecular complexity index is 119. The van der Waals surface area contributed by atoms with Crippen molar-refractivity contribution >= 4 is 0 Å². The third-order valence-electron chi connectivity index (χ3n) is 1.22.